The summed E-state index contributed by atoms with van der Waals surface area (Å²) in [4.78, 5) is -0.116. The molecule has 1 saturated heterocycles. The van der Waals surface area contributed by atoms with Crippen molar-refractivity contribution in [1.82, 2.24) is 4.31 Å². The Labute approximate surface area is 118 Å². The Morgan fingerprint density at radius 1 is 1.45 bits per heavy atom. The molecule has 0 bridgehead atoms. The largest absolute Gasteiger partial charge is 0.399 e. The summed E-state index contributed by atoms with van der Waals surface area (Å²) >= 11 is 0. The molecule has 2 rings (SSSR count). The number of nitrogens with zero attached hydrogens (tertiary/aromatic N) is 1. The summed E-state index contributed by atoms with van der Waals surface area (Å²) < 4.78 is 45.1. The van der Waals surface area contributed by atoms with E-state index in [1.165, 1.54) is 10.4 Å². The highest BCUT2D eigenvalue weighted by Crippen LogP contribution is 2.22. The second-order valence-electron chi connectivity index (χ2n) is 4.81. The fraction of sp³-hybridized carbons (Fsp3) is 0.538. The lowest BCUT2D eigenvalue weighted by Gasteiger charge is -2.23. The third-order valence-electron chi connectivity index (χ3n) is 3.32. The van der Waals surface area contributed by atoms with Gasteiger partial charge in [0.05, 0.1) is 11.0 Å². The Morgan fingerprint density at radius 3 is 2.75 bits per heavy atom. The molecule has 0 radical (unpaired) electrons. The minimum atomic E-state index is -3.75. The first-order valence-corrected chi connectivity index (χ1v) is 8.05. The summed E-state index contributed by atoms with van der Waals surface area (Å²) in [5.41, 5.74) is 5.61. The number of anilines is 1. The zero-order valence-electron chi connectivity index (χ0n) is 11.4. The molecule has 7 heteroatoms. The van der Waals surface area contributed by atoms with Gasteiger partial charge >= 0.3 is 0 Å². The van der Waals surface area contributed by atoms with Crippen molar-refractivity contribution in [3.8, 4) is 0 Å². The molecule has 2 N–H and O–H groups in total. The topological polar surface area (TPSA) is 72.6 Å². The number of nitrogen functional groups attached to an aromatic ring is 1. The first kappa shape index (κ1) is 15.2. The lowest BCUT2D eigenvalue weighted by Crippen LogP contribution is -2.37. The molecule has 1 aromatic rings. The van der Waals surface area contributed by atoms with Crippen LogP contribution in [-0.2, 0) is 14.8 Å². The van der Waals surface area contributed by atoms with Crippen LogP contribution in [-0.4, -0.2) is 38.5 Å². The van der Waals surface area contributed by atoms with Crippen LogP contribution >= 0.6 is 0 Å². The van der Waals surface area contributed by atoms with Crippen LogP contribution in [0.4, 0.5) is 10.1 Å². The van der Waals surface area contributed by atoms with Gasteiger partial charge in [-0.1, -0.05) is 6.92 Å². The molecule has 5 nitrogen and oxygen atoms in total. The molecule has 1 aliphatic heterocycles. The van der Waals surface area contributed by atoms with E-state index in [0.29, 0.717) is 13.2 Å². The fourth-order valence-corrected chi connectivity index (χ4v) is 3.84. The van der Waals surface area contributed by atoms with Gasteiger partial charge in [0.15, 0.2) is 0 Å². The normalized spacial score (nSPS) is 19.6. The van der Waals surface area contributed by atoms with E-state index in [2.05, 4.69) is 0 Å². The zero-order chi connectivity index (χ0) is 14.8. The van der Waals surface area contributed by atoms with Crippen LogP contribution < -0.4 is 5.73 Å². The van der Waals surface area contributed by atoms with Gasteiger partial charge in [0.1, 0.15) is 5.82 Å². The van der Waals surface area contributed by atoms with Gasteiger partial charge in [-0.15, -0.1) is 0 Å². The molecule has 0 amide bonds. The molecule has 1 unspecified atom stereocenters. The molecule has 112 valence electrons. The third-order valence-corrected chi connectivity index (χ3v) is 5.23. The minimum absolute atomic E-state index is 0.0874. The maximum Gasteiger partial charge on any atom is 0.243 e. The van der Waals surface area contributed by atoms with E-state index in [0.717, 1.165) is 25.0 Å². The van der Waals surface area contributed by atoms with Gasteiger partial charge in [0.2, 0.25) is 10.0 Å². The smallest absolute Gasteiger partial charge is 0.243 e. The molecule has 0 aliphatic carbocycles. The molecule has 1 fully saturated rings. The van der Waals surface area contributed by atoms with Crippen LogP contribution in [0.5, 0.6) is 0 Å². The van der Waals surface area contributed by atoms with Gasteiger partial charge in [-0.05, 0) is 31.0 Å². The number of sulfonamides is 1. The maximum atomic E-state index is 13.3. The summed E-state index contributed by atoms with van der Waals surface area (Å²) in [6, 6.07) is 3.36. The van der Waals surface area contributed by atoms with Gasteiger partial charge in [-0.2, -0.15) is 4.31 Å². The molecule has 0 aromatic heterocycles. The van der Waals surface area contributed by atoms with Crippen LogP contribution in [0.3, 0.4) is 0 Å². The van der Waals surface area contributed by atoms with E-state index in [9.17, 15) is 12.8 Å². The number of hydrogen-bond donors (Lipinski definition) is 1. The SMILES string of the molecule is CCN(CC1CCCO1)S(=O)(=O)c1cc(N)cc(F)c1. The second kappa shape index (κ2) is 6.07. The highest BCUT2D eigenvalue weighted by molar-refractivity contribution is 7.89. The van der Waals surface area contributed by atoms with E-state index in [4.69, 9.17) is 10.5 Å². The van der Waals surface area contributed by atoms with Crippen LogP contribution in [0.1, 0.15) is 19.8 Å². The zero-order valence-corrected chi connectivity index (χ0v) is 12.2. The summed E-state index contributed by atoms with van der Waals surface area (Å²) in [5.74, 6) is -0.656. The monoisotopic (exact) mass is 302 g/mol. The van der Waals surface area contributed by atoms with Crippen molar-refractivity contribution in [3.05, 3.63) is 24.0 Å². The summed E-state index contributed by atoms with van der Waals surface area (Å²) in [7, 11) is -3.75. The number of hydrogen-bond acceptors (Lipinski definition) is 4. The van der Waals surface area contributed by atoms with Gasteiger partial charge < -0.3 is 10.5 Å². The quantitative estimate of drug-likeness (QED) is 0.839. The van der Waals surface area contributed by atoms with E-state index >= 15 is 0 Å². The molecule has 20 heavy (non-hydrogen) atoms. The number of ether oxygens (including phenoxy) is 1. The van der Waals surface area contributed by atoms with Crippen LogP contribution in [0, 0.1) is 5.82 Å². The third kappa shape index (κ3) is 3.28. The predicted octanol–water partition coefficient (Wildman–Crippen LogP) is 1.60. The Morgan fingerprint density at radius 2 is 2.20 bits per heavy atom. The lowest BCUT2D eigenvalue weighted by atomic mass is 10.2. The van der Waals surface area contributed by atoms with Gasteiger partial charge in [0, 0.05) is 25.4 Å². The van der Waals surface area contributed by atoms with Crippen LogP contribution in [0.25, 0.3) is 0 Å². The number of nitrogens with two attached hydrogens (primary N) is 1. The number of likely N-dealkylation sites (N-methyl/N-ethyl adjacent to an activating group) is 1. The Hall–Kier alpha value is -1.18. The first-order chi connectivity index (χ1) is 9.43. The molecule has 0 saturated carbocycles. The maximum absolute atomic E-state index is 13.3. The molecule has 0 spiro atoms. The van der Waals surface area contributed by atoms with E-state index in [1.54, 1.807) is 6.92 Å². The number of halogens is 1. The van der Waals surface area contributed by atoms with Crippen molar-refractivity contribution in [2.45, 2.75) is 30.8 Å². The Balaban J connectivity index is 2.25. The van der Waals surface area contributed by atoms with Crippen LogP contribution in [0.15, 0.2) is 23.1 Å². The summed E-state index contributed by atoms with van der Waals surface area (Å²) in [5, 5.41) is 0. The van der Waals surface area contributed by atoms with Crippen molar-refractivity contribution in [2.75, 3.05) is 25.4 Å². The van der Waals surface area contributed by atoms with Crippen molar-refractivity contribution < 1.29 is 17.5 Å². The van der Waals surface area contributed by atoms with Crippen molar-refractivity contribution in [1.29, 1.82) is 0 Å². The number of benzene rings is 1. The standard InChI is InChI=1S/C13H19FN2O3S/c1-2-16(9-12-4-3-5-19-12)20(17,18)13-7-10(14)6-11(15)8-13/h6-8,12H,2-5,9,15H2,1H3. The average Bonchev–Trinajstić information content (AvgIpc) is 2.87. The molecular weight excluding hydrogens is 283 g/mol. The first-order valence-electron chi connectivity index (χ1n) is 6.61. The van der Waals surface area contributed by atoms with Gasteiger partial charge in [0.25, 0.3) is 0 Å². The van der Waals surface area contributed by atoms with E-state index in [1.807, 2.05) is 0 Å². The summed E-state index contributed by atoms with van der Waals surface area (Å²) in [6.07, 6.45) is 1.70. The lowest BCUT2D eigenvalue weighted by molar-refractivity contribution is 0.0947. The predicted molar refractivity (Wildman–Crippen MR) is 74.2 cm³/mol. The Kier molecular flexibility index (Phi) is 4.62. The average molecular weight is 302 g/mol. The Bertz CT molecular complexity index is 551. The van der Waals surface area contributed by atoms with Gasteiger partial charge in [-0.3, -0.25) is 0 Å². The highest BCUT2D eigenvalue weighted by atomic mass is 32.2. The van der Waals surface area contributed by atoms with E-state index < -0.39 is 15.8 Å². The van der Waals surface area contributed by atoms with Crippen LogP contribution in [0.2, 0.25) is 0 Å². The molecular formula is C13H19FN2O3S. The second-order valence-corrected chi connectivity index (χ2v) is 6.75. The molecule has 1 atom stereocenters. The van der Waals surface area contributed by atoms with Gasteiger partial charge in [-0.25, -0.2) is 12.8 Å². The fourth-order valence-electron chi connectivity index (χ4n) is 2.30. The number of rotatable bonds is 5. The van der Waals surface area contributed by atoms with Crippen molar-refractivity contribution >= 4 is 15.7 Å². The molecule has 1 heterocycles. The van der Waals surface area contributed by atoms with Crippen molar-refractivity contribution in [2.24, 2.45) is 0 Å². The molecule has 1 aliphatic rings. The minimum Gasteiger partial charge on any atom is -0.399 e. The highest BCUT2D eigenvalue weighted by Gasteiger charge is 2.28. The summed E-state index contributed by atoms with van der Waals surface area (Å²) in [6.45, 7) is 3.00. The van der Waals surface area contributed by atoms with E-state index in [-0.39, 0.29) is 23.2 Å². The molecule has 1 aromatic carbocycles. The van der Waals surface area contributed by atoms with Crippen molar-refractivity contribution in [3.63, 3.8) is 0 Å².